The third kappa shape index (κ3) is 1.43. The van der Waals surface area contributed by atoms with E-state index in [2.05, 4.69) is 27.7 Å². The molecule has 2 aliphatic carbocycles. The molecule has 0 saturated heterocycles. The Morgan fingerprint density at radius 1 is 1.15 bits per heavy atom. The molecule has 0 nitrogen and oxygen atoms in total. The summed E-state index contributed by atoms with van der Waals surface area (Å²) in [7, 11) is 0. The fourth-order valence-electron chi connectivity index (χ4n) is 4.08. The van der Waals surface area contributed by atoms with Gasteiger partial charge in [0.2, 0.25) is 0 Å². The topological polar surface area (TPSA) is 0 Å². The van der Waals surface area contributed by atoms with Crippen molar-refractivity contribution in [1.29, 1.82) is 0 Å². The standard InChI is InChI=1S/C13H24/c1-5-6-11-7-13(4,8-11)12-9(2)10(12)3/h9-12H,5-8H2,1-4H3. The van der Waals surface area contributed by atoms with Crippen LogP contribution in [0, 0.1) is 29.1 Å². The predicted molar refractivity (Wildman–Crippen MR) is 57.6 cm³/mol. The van der Waals surface area contributed by atoms with Crippen LogP contribution in [-0.2, 0) is 0 Å². The Morgan fingerprint density at radius 3 is 2.08 bits per heavy atom. The Balaban J connectivity index is 1.83. The molecule has 76 valence electrons. The lowest BCUT2D eigenvalue weighted by Crippen LogP contribution is -2.37. The molecule has 0 heterocycles. The first-order chi connectivity index (χ1) is 6.08. The van der Waals surface area contributed by atoms with Crippen LogP contribution >= 0.6 is 0 Å². The van der Waals surface area contributed by atoms with E-state index in [0.717, 1.165) is 29.1 Å². The van der Waals surface area contributed by atoms with Gasteiger partial charge in [-0.15, -0.1) is 0 Å². The highest BCUT2D eigenvalue weighted by molar-refractivity contribution is 5.06. The van der Waals surface area contributed by atoms with E-state index in [1.165, 1.54) is 25.7 Å². The van der Waals surface area contributed by atoms with Crippen LogP contribution in [0.4, 0.5) is 0 Å². The van der Waals surface area contributed by atoms with Crippen LogP contribution < -0.4 is 0 Å². The minimum atomic E-state index is 0.749. The zero-order valence-electron chi connectivity index (χ0n) is 9.64. The largest absolute Gasteiger partial charge is 0.0654 e. The normalized spacial score (nSPS) is 54.5. The molecule has 0 aromatic carbocycles. The van der Waals surface area contributed by atoms with Crippen LogP contribution in [0.5, 0.6) is 0 Å². The molecule has 0 radical (unpaired) electrons. The van der Waals surface area contributed by atoms with Gasteiger partial charge in [-0.25, -0.2) is 0 Å². The summed E-state index contributed by atoms with van der Waals surface area (Å²) in [6, 6.07) is 0. The van der Waals surface area contributed by atoms with Gasteiger partial charge in [-0.2, -0.15) is 0 Å². The van der Waals surface area contributed by atoms with Crippen molar-refractivity contribution in [2.24, 2.45) is 29.1 Å². The number of hydrogen-bond acceptors (Lipinski definition) is 0. The lowest BCUT2D eigenvalue weighted by molar-refractivity contribution is 0.0360. The third-order valence-electron chi connectivity index (χ3n) is 4.83. The molecule has 0 amide bonds. The van der Waals surface area contributed by atoms with Gasteiger partial charge in [-0.1, -0.05) is 40.5 Å². The van der Waals surface area contributed by atoms with Crippen molar-refractivity contribution in [2.75, 3.05) is 0 Å². The second-order valence-corrected chi connectivity index (χ2v) is 5.96. The van der Waals surface area contributed by atoms with E-state index in [-0.39, 0.29) is 0 Å². The summed E-state index contributed by atoms with van der Waals surface area (Å²) in [6.07, 6.45) is 5.92. The Kier molecular flexibility index (Phi) is 2.20. The van der Waals surface area contributed by atoms with Gasteiger partial charge in [-0.05, 0) is 41.9 Å². The monoisotopic (exact) mass is 180 g/mol. The highest BCUT2D eigenvalue weighted by Gasteiger charge is 2.58. The molecule has 0 heteroatoms. The summed E-state index contributed by atoms with van der Waals surface area (Å²) >= 11 is 0. The van der Waals surface area contributed by atoms with Crippen LogP contribution in [0.15, 0.2) is 0 Å². The highest BCUT2D eigenvalue weighted by Crippen LogP contribution is 2.65. The van der Waals surface area contributed by atoms with Crippen molar-refractivity contribution in [1.82, 2.24) is 0 Å². The quantitative estimate of drug-likeness (QED) is 0.613. The predicted octanol–water partition coefficient (Wildman–Crippen LogP) is 4.10. The van der Waals surface area contributed by atoms with Crippen LogP contribution in [0.3, 0.4) is 0 Å². The summed E-state index contributed by atoms with van der Waals surface area (Å²) < 4.78 is 0. The molecule has 2 aliphatic rings. The minimum absolute atomic E-state index is 0.749. The van der Waals surface area contributed by atoms with Gasteiger partial charge in [0.1, 0.15) is 0 Å². The van der Waals surface area contributed by atoms with E-state index in [1.807, 2.05) is 0 Å². The lowest BCUT2D eigenvalue weighted by atomic mass is 9.58. The van der Waals surface area contributed by atoms with Crippen LogP contribution in [0.1, 0.15) is 53.4 Å². The fraction of sp³-hybridized carbons (Fsp3) is 1.00. The summed E-state index contributed by atoms with van der Waals surface area (Å²) in [4.78, 5) is 0. The zero-order chi connectivity index (χ0) is 9.64. The Bertz CT molecular complexity index is 180. The molecule has 0 bridgehead atoms. The molecular formula is C13H24. The minimum Gasteiger partial charge on any atom is -0.0654 e. The molecule has 0 aromatic rings. The molecule has 0 N–H and O–H groups in total. The fourth-order valence-corrected chi connectivity index (χ4v) is 4.08. The van der Waals surface area contributed by atoms with Gasteiger partial charge < -0.3 is 0 Å². The second-order valence-electron chi connectivity index (χ2n) is 5.96. The van der Waals surface area contributed by atoms with E-state index in [0.29, 0.717) is 0 Å². The van der Waals surface area contributed by atoms with E-state index >= 15 is 0 Å². The first kappa shape index (κ1) is 9.55. The maximum Gasteiger partial charge on any atom is -0.0287 e. The molecule has 2 atom stereocenters. The van der Waals surface area contributed by atoms with Gasteiger partial charge in [0.25, 0.3) is 0 Å². The Hall–Kier alpha value is 0. The molecule has 0 aromatic heterocycles. The third-order valence-corrected chi connectivity index (χ3v) is 4.83. The molecule has 2 rings (SSSR count). The maximum atomic E-state index is 2.53. The molecule has 2 saturated carbocycles. The Labute approximate surface area is 83.1 Å². The summed E-state index contributed by atoms with van der Waals surface area (Å²) in [5.74, 6) is 4.19. The van der Waals surface area contributed by atoms with Crippen molar-refractivity contribution in [3.05, 3.63) is 0 Å². The number of hydrogen-bond donors (Lipinski definition) is 0. The maximum absolute atomic E-state index is 2.53. The first-order valence-electron chi connectivity index (χ1n) is 6.08. The van der Waals surface area contributed by atoms with E-state index < -0.39 is 0 Å². The molecular weight excluding hydrogens is 156 g/mol. The Morgan fingerprint density at radius 2 is 1.69 bits per heavy atom. The van der Waals surface area contributed by atoms with E-state index in [1.54, 1.807) is 0 Å². The summed E-state index contributed by atoms with van der Waals surface area (Å²) in [5, 5.41) is 0. The molecule has 0 spiro atoms. The molecule has 2 fully saturated rings. The number of rotatable bonds is 3. The van der Waals surface area contributed by atoms with Crippen molar-refractivity contribution < 1.29 is 0 Å². The summed E-state index contributed by atoms with van der Waals surface area (Å²) in [5.41, 5.74) is 0.749. The van der Waals surface area contributed by atoms with Crippen molar-refractivity contribution >= 4 is 0 Å². The average molecular weight is 180 g/mol. The van der Waals surface area contributed by atoms with Gasteiger partial charge in [0.05, 0.1) is 0 Å². The van der Waals surface area contributed by atoms with Crippen molar-refractivity contribution in [3.63, 3.8) is 0 Å². The lowest BCUT2D eigenvalue weighted by Gasteiger charge is -2.47. The van der Waals surface area contributed by atoms with Crippen LogP contribution in [-0.4, -0.2) is 0 Å². The smallest absolute Gasteiger partial charge is 0.0287 e. The average Bonchev–Trinajstić information content (AvgIpc) is 2.58. The van der Waals surface area contributed by atoms with Crippen molar-refractivity contribution in [3.8, 4) is 0 Å². The van der Waals surface area contributed by atoms with Crippen LogP contribution in [0.2, 0.25) is 0 Å². The van der Waals surface area contributed by atoms with E-state index in [9.17, 15) is 0 Å². The van der Waals surface area contributed by atoms with Gasteiger partial charge in [0.15, 0.2) is 0 Å². The summed E-state index contributed by atoms with van der Waals surface area (Å²) in [6.45, 7) is 9.73. The van der Waals surface area contributed by atoms with Gasteiger partial charge >= 0.3 is 0 Å². The first-order valence-corrected chi connectivity index (χ1v) is 6.08. The SMILES string of the molecule is CCCC1CC(C)(C2C(C)C2C)C1. The van der Waals surface area contributed by atoms with Gasteiger partial charge in [0, 0.05) is 0 Å². The van der Waals surface area contributed by atoms with Crippen LogP contribution in [0.25, 0.3) is 0 Å². The molecule has 0 aliphatic heterocycles. The molecule has 13 heavy (non-hydrogen) atoms. The molecule has 2 unspecified atom stereocenters. The van der Waals surface area contributed by atoms with E-state index in [4.69, 9.17) is 0 Å². The highest BCUT2D eigenvalue weighted by atomic mass is 14.6. The second kappa shape index (κ2) is 3.00. The van der Waals surface area contributed by atoms with Gasteiger partial charge in [-0.3, -0.25) is 0 Å². The zero-order valence-corrected chi connectivity index (χ0v) is 9.64. The van der Waals surface area contributed by atoms with Crippen molar-refractivity contribution in [2.45, 2.75) is 53.4 Å².